The average molecular weight is 399 g/mol. The van der Waals surface area contributed by atoms with E-state index >= 15 is 0 Å². The number of carbonyl (C=O) groups excluding carboxylic acids is 2. The molecule has 1 N–H and O–H groups in total. The minimum atomic E-state index is -0.624. The van der Waals surface area contributed by atoms with Crippen molar-refractivity contribution in [2.75, 3.05) is 20.3 Å². The van der Waals surface area contributed by atoms with E-state index in [1.54, 1.807) is 14.0 Å². The maximum atomic E-state index is 13.0. The molecule has 1 atom stereocenters. The molecule has 0 aliphatic rings. The van der Waals surface area contributed by atoms with Crippen LogP contribution in [0.4, 0.5) is 0 Å². The molecule has 156 valence electrons. The van der Waals surface area contributed by atoms with Crippen LogP contribution in [-0.4, -0.2) is 43.0 Å². The molecule has 0 aliphatic carbocycles. The maximum absolute atomic E-state index is 13.0. The lowest BCUT2D eigenvalue weighted by Crippen LogP contribution is -2.49. The summed E-state index contributed by atoms with van der Waals surface area (Å²) in [7, 11) is 1.60. The second-order valence-corrected chi connectivity index (χ2v) is 6.95. The number of nitrogens with zero attached hydrogens (tertiary/aromatic N) is 1. The summed E-state index contributed by atoms with van der Waals surface area (Å²) in [6.07, 6.45) is 0.832. The van der Waals surface area contributed by atoms with Crippen molar-refractivity contribution in [3.63, 3.8) is 0 Å². The smallest absolute Gasteiger partial charge is 0.261 e. The largest absolute Gasteiger partial charge is 0.497 e. The molecule has 6 nitrogen and oxygen atoms in total. The molecule has 2 rings (SSSR count). The van der Waals surface area contributed by atoms with Crippen LogP contribution >= 0.6 is 0 Å². The van der Waals surface area contributed by atoms with E-state index in [1.165, 1.54) is 4.90 Å². The molecule has 2 amide bonds. The van der Waals surface area contributed by atoms with Crippen LogP contribution in [0.3, 0.4) is 0 Å². The van der Waals surface area contributed by atoms with Crippen LogP contribution in [0, 0.1) is 6.92 Å². The third-order valence-corrected chi connectivity index (χ3v) is 4.56. The first-order valence-corrected chi connectivity index (χ1v) is 9.84. The molecule has 0 heterocycles. The fraction of sp³-hybridized carbons (Fsp3) is 0.391. The van der Waals surface area contributed by atoms with E-state index in [0.29, 0.717) is 18.0 Å². The molecule has 6 heteroatoms. The van der Waals surface area contributed by atoms with Gasteiger partial charge in [0.05, 0.1) is 7.11 Å². The van der Waals surface area contributed by atoms with Crippen molar-refractivity contribution >= 4 is 11.8 Å². The summed E-state index contributed by atoms with van der Waals surface area (Å²) in [6, 6.07) is 14.4. The Morgan fingerprint density at radius 2 is 1.83 bits per heavy atom. The molecule has 0 unspecified atom stereocenters. The van der Waals surface area contributed by atoms with E-state index in [0.717, 1.165) is 17.5 Å². The van der Waals surface area contributed by atoms with Gasteiger partial charge in [0.2, 0.25) is 5.91 Å². The molecule has 2 aromatic rings. The summed E-state index contributed by atoms with van der Waals surface area (Å²) in [4.78, 5) is 27.0. The second kappa shape index (κ2) is 11.1. The van der Waals surface area contributed by atoms with Crippen molar-refractivity contribution in [2.45, 2.75) is 39.8 Å². The third-order valence-electron chi connectivity index (χ3n) is 4.56. The van der Waals surface area contributed by atoms with Crippen LogP contribution in [0.25, 0.3) is 0 Å². The van der Waals surface area contributed by atoms with E-state index in [4.69, 9.17) is 9.47 Å². The highest BCUT2D eigenvalue weighted by molar-refractivity contribution is 5.87. The van der Waals surface area contributed by atoms with Gasteiger partial charge in [0.15, 0.2) is 6.61 Å². The minimum absolute atomic E-state index is 0.140. The zero-order valence-electron chi connectivity index (χ0n) is 17.6. The molecule has 0 aromatic heterocycles. The second-order valence-electron chi connectivity index (χ2n) is 6.95. The fourth-order valence-corrected chi connectivity index (χ4v) is 2.88. The maximum Gasteiger partial charge on any atom is 0.261 e. The summed E-state index contributed by atoms with van der Waals surface area (Å²) in [5.41, 5.74) is 1.93. The lowest BCUT2D eigenvalue weighted by atomic mass is 10.1. The minimum Gasteiger partial charge on any atom is -0.497 e. The quantitative estimate of drug-likeness (QED) is 0.667. The Balaban J connectivity index is 2.15. The summed E-state index contributed by atoms with van der Waals surface area (Å²) in [5, 5.41) is 2.86. The molecule has 0 radical (unpaired) electrons. The van der Waals surface area contributed by atoms with Gasteiger partial charge in [0, 0.05) is 13.1 Å². The first-order valence-electron chi connectivity index (χ1n) is 9.84. The van der Waals surface area contributed by atoms with Crippen molar-refractivity contribution < 1.29 is 19.1 Å². The molecule has 0 aliphatic heterocycles. The Labute approximate surface area is 172 Å². The molecule has 0 saturated carbocycles. The third kappa shape index (κ3) is 6.82. The number of nitrogens with one attached hydrogen (secondary N) is 1. The highest BCUT2D eigenvalue weighted by atomic mass is 16.5. The van der Waals surface area contributed by atoms with Gasteiger partial charge >= 0.3 is 0 Å². The van der Waals surface area contributed by atoms with Crippen LogP contribution in [-0.2, 0) is 16.1 Å². The van der Waals surface area contributed by atoms with Crippen molar-refractivity contribution in [1.29, 1.82) is 0 Å². The molecule has 29 heavy (non-hydrogen) atoms. The van der Waals surface area contributed by atoms with Gasteiger partial charge < -0.3 is 19.7 Å². The van der Waals surface area contributed by atoms with Crippen LogP contribution in [0.1, 0.15) is 31.4 Å². The van der Waals surface area contributed by atoms with Gasteiger partial charge in [0.1, 0.15) is 17.5 Å². The predicted molar refractivity (Wildman–Crippen MR) is 113 cm³/mol. The van der Waals surface area contributed by atoms with Crippen LogP contribution in [0.15, 0.2) is 48.5 Å². The number of benzene rings is 2. The number of aryl methyl sites for hydroxylation is 1. The Hall–Kier alpha value is -3.02. The molecule has 0 saturated heterocycles. The Kier molecular flexibility index (Phi) is 8.52. The number of methoxy groups -OCH3 is 1. The Morgan fingerprint density at radius 1 is 1.10 bits per heavy atom. The monoisotopic (exact) mass is 398 g/mol. The number of hydrogen-bond donors (Lipinski definition) is 1. The summed E-state index contributed by atoms with van der Waals surface area (Å²) in [6.45, 7) is 6.40. The van der Waals surface area contributed by atoms with Gasteiger partial charge in [-0.3, -0.25) is 9.59 Å². The summed E-state index contributed by atoms with van der Waals surface area (Å²) < 4.78 is 10.9. The van der Waals surface area contributed by atoms with E-state index in [2.05, 4.69) is 5.32 Å². The van der Waals surface area contributed by atoms with Crippen molar-refractivity contribution in [1.82, 2.24) is 10.2 Å². The van der Waals surface area contributed by atoms with Gasteiger partial charge in [0.25, 0.3) is 5.91 Å². The molecule has 0 bridgehead atoms. The van der Waals surface area contributed by atoms with Gasteiger partial charge in [-0.1, -0.05) is 31.2 Å². The molecule has 2 aromatic carbocycles. The molecular weight excluding hydrogens is 368 g/mol. The van der Waals surface area contributed by atoms with E-state index in [9.17, 15) is 9.59 Å². The first-order chi connectivity index (χ1) is 13.9. The van der Waals surface area contributed by atoms with Gasteiger partial charge in [-0.15, -0.1) is 0 Å². The van der Waals surface area contributed by atoms with E-state index in [1.807, 2.05) is 62.4 Å². The van der Waals surface area contributed by atoms with Gasteiger partial charge in [-0.2, -0.15) is 0 Å². The van der Waals surface area contributed by atoms with Crippen LogP contribution < -0.4 is 14.8 Å². The number of ether oxygens (including phenoxy) is 2. The van der Waals surface area contributed by atoms with E-state index in [-0.39, 0.29) is 25.0 Å². The topological polar surface area (TPSA) is 67.9 Å². The van der Waals surface area contributed by atoms with E-state index < -0.39 is 6.04 Å². The SMILES string of the molecule is CCCNC(=O)[C@H](C)N(Cc1cccc(OC)c1)C(=O)COc1cccc(C)c1. The lowest BCUT2D eigenvalue weighted by molar-refractivity contribution is -0.142. The van der Waals surface area contributed by atoms with Crippen molar-refractivity contribution in [2.24, 2.45) is 0 Å². The number of hydrogen-bond acceptors (Lipinski definition) is 4. The zero-order chi connectivity index (χ0) is 21.2. The highest BCUT2D eigenvalue weighted by Gasteiger charge is 2.26. The normalized spacial score (nSPS) is 11.4. The standard InChI is InChI=1S/C23H30N2O4/c1-5-12-24-23(27)18(3)25(15-19-9-7-10-20(14-19)28-4)22(26)16-29-21-11-6-8-17(2)13-21/h6-11,13-14,18H,5,12,15-16H2,1-4H3,(H,24,27)/t18-/m0/s1. The first kappa shape index (κ1) is 22.3. The summed E-state index contributed by atoms with van der Waals surface area (Å²) in [5.74, 6) is 0.892. The fourth-order valence-electron chi connectivity index (χ4n) is 2.88. The lowest BCUT2D eigenvalue weighted by Gasteiger charge is -2.29. The average Bonchev–Trinajstić information content (AvgIpc) is 2.73. The zero-order valence-corrected chi connectivity index (χ0v) is 17.6. The number of carbonyl (C=O) groups is 2. The number of amides is 2. The number of rotatable bonds is 10. The Morgan fingerprint density at radius 3 is 2.52 bits per heavy atom. The molecule has 0 fully saturated rings. The molecular formula is C23H30N2O4. The van der Waals surface area contributed by atoms with Crippen LogP contribution in [0.5, 0.6) is 11.5 Å². The Bertz CT molecular complexity index is 822. The van der Waals surface area contributed by atoms with Gasteiger partial charge in [-0.05, 0) is 55.7 Å². The molecule has 0 spiro atoms. The summed E-state index contributed by atoms with van der Waals surface area (Å²) >= 11 is 0. The van der Waals surface area contributed by atoms with Crippen molar-refractivity contribution in [3.8, 4) is 11.5 Å². The predicted octanol–water partition coefficient (Wildman–Crippen LogP) is 3.33. The van der Waals surface area contributed by atoms with Crippen molar-refractivity contribution in [3.05, 3.63) is 59.7 Å². The highest BCUT2D eigenvalue weighted by Crippen LogP contribution is 2.17. The van der Waals surface area contributed by atoms with Crippen LogP contribution in [0.2, 0.25) is 0 Å². The van der Waals surface area contributed by atoms with Gasteiger partial charge in [-0.25, -0.2) is 0 Å².